The van der Waals surface area contributed by atoms with Gasteiger partial charge in [0.15, 0.2) is 0 Å². The third-order valence-corrected chi connectivity index (χ3v) is 2.43. The molecule has 0 aliphatic heterocycles. The Morgan fingerprint density at radius 3 is 2.13 bits per heavy atom. The maximum absolute atomic E-state index is 7.25. The van der Waals surface area contributed by atoms with Crippen LogP contribution >= 0.6 is 0 Å². The van der Waals surface area contributed by atoms with Gasteiger partial charge in [0.05, 0.1) is 6.10 Å². The average Bonchev–Trinajstić information content (AvgIpc) is 2.18. The van der Waals surface area contributed by atoms with E-state index >= 15 is 0 Å². The smallest absolute Gasteiger partial charge is 0.122 e. The zero-order valence-corrected chi connectivity index (χ0v) is 9.45. The molecule has 0 amide bonds. The first-order chi connectivity index (χ1) is 7.00. The van der Waals surface area contributed by atoms with Crippen LogP contribution in [0.1, 0.15) is 26.3 Å². The summed E-state index contributed by atoms with van der Waals surface area (Å²) in [6, 6.07) is 7.28. The van der Waals surface area contributed by atoms with Crippen LogP contribution < -0.4 is 10.5 Å². The van der Waals surface area contributed by atoms with Crippen LogP contribution in [-0.2, 0) is 0 Å². The fraction of sp³-hybridized carbons (Fsp3) is 0.417. The first-order valence-corrected chi connectivity index (χ1v) is 5.12. The van der Waals surface area contributed by atoms with Crippen molar-refractivity contribution in [3.63, 3.8) is 0 Å². The van der Waals surface area contributed by atoms with Crippen molar-refractivity contribution < 1.29 is 4.74 Å². The Morgan fingerprint density at radius 2 is 1.73 bits per heavy atom. The molecule has 1 rings (SSSR count). The topological polar surface area (TPSA) is 59.1 Å². The van der Waals surface area contributed by atoms with Gasteiger partial charge in [-0.1, -0.05) is 13.8 Å². The maximum Gasteiger partial charge on any atom is 0.122 e. The summed E-state index contributed by atoms with van der Waals surface area (Å²) in [6.45, 7) is 6.28. The minimum atomic E-state index is 0.0819. The molecule has 0 bridgehead atoms. The molecule has 1 unspecified atom stereocenters. The van der Waals surface area contributed by atoms with Crippen LogP contribution in [-0.4, -0.2) is 11.9 Å². The van der Waals surface area contributed by atoms with Crippen molar-refractivity contribution >= 4 is 5.84 Å². The van der Waals surface area contributed by atoms with Crippen molar-refractivity contribution in [2.75, 3.05) is 0 Å². The number of hydrogen-bond acceptors (Lipinski definition) is 2. The summed E-state index contributed by atoms with van der Waals surface area (Å²) in [5.74, 6) is 1.39. The van der Waals surface area contributed by atoms with Crippen LogP contribution in [0.25, 0.3) is 0 Å². The fourth-order valence-corrected chi connectivity index (χ4v) is 1.06. The van der Waals surface area contributed by atoms with Gasteiger partial charge in [0, 0.05) is 5.56 Å². The fourth-order valence-electron chi connectivity index (χ4n) is 1.06. The molecule has 0 radical (unpaired) electrons. The molecule has 1 atom stereocenters. The largest absolute Gasteiger partial charge is 0.490 e. The minimum absolute atomic E-state index is 0.0819. The lowest BCUT2D eigenvalue weighted by atomic mass is 10.1. The standard InChI is InChI=1S/C12H18N2O/c1-8(2)9(3)15-11-6-4-10(5-7-11)12(13)14/h4-9H,1-3H3,(H3,13,14). The Bertz CT molecular complexity index is 330. The number of nitrogens with one attached hydrogen (secondary N) is 1. The number of nitrogens with two attached hydrogens (primary N) is 1. The van der Waals surface area contributed by atoms with E-state index in [0.29, 0.717) is 5.92 Å². The molecule has 0 fully saturated rings. The predicted molar refractivity (Wildman–Crippen MR) is 62.4 cm³/mol. The molecule has 3 nitrogen and oxygen atoms in total. The van der Waals surface area contributed by atoms with Crippen molar-refractivity contribution in [1.82, 2.24) is 0 Å². The summed E-state index contributed by atoms with van der Waals surface area (Å²) in [7, 11) is 0. The van der Waals surface area contributed by atoms with Gasteiger partial charge in [-0.3, -0.25) is 5.41 Å². The van der Waals surface area contributed by atoms with E-state index < -0.39 is 0 Å². The highest BCUT2D eigenvalue weighted by Gasteiger charge is 2.08. The summed E-state index contributed by atoms with van der Waals surface area (Å²) < 4.78 is 5.70. The Kier molecular flexibility index (Phi) is 3.72. The van der Waals surface area contributed by atoms with Crippen LogP contribution in [0.3, 0.4) is 0 Å². The van der Waals surface area contributed by atoms with Crippen molar-refractivity contribution in [2.45, 2.75) is 26.9 Å². The highest BCUT2D eigenvalue weighted by atomic mass is 16.5. The molecule has 15 heavy (non-hydrogen) atoms. The van der Waals surface area contributed by atoms with Crippen LogP contribution in [0.2, 0.25) is 0 Å². The molecule has 1 aromatic carbocycles. The molecule has 82 valence electrons. The number of benzene rings is 1. The zero-order valence-electron chi connectivity index (χ0n) is 9.45. The van der Waals surface area contributed by atoms with Crippen molar-refractivity contribution in [1.29, 1.82) is 5.41 Å². The molecule has 0 heterocycles. The second-order valence-corrected chi connectivity index (χ2v) is 4.01. The molecule has 0 saturated carbocycles. The monoisotopic (exact) mass is 206 g/mol. The van der Waals surface area contributed by atoms with Gasteiger partial charge in [-0.05, 0) is 37.1 Å². The Balaban J connectivity index is 2.68. The van der Waals surface area contributed by atoms with Gasteiger partial charge in [0.25, 0.3) is 0 Å². The van der Waals surface area contributed by atoms with E-state index in [1.807, 2.05) is 19.1 Å². The van der Waals surface area contributed by atoms with E-state index in [1.54, 1.807) is 12.1 Å². The average molecular weight is 206 g/mol. The number of nitrogen functional groups attached to an aromatic ring is 1. The summed E-state index contributed by atoms with van der Waals surface area (Å²) in [5.41, 5.74) is 6.08. The zero-order chi connectivity index (χ0) is 11.4. The number of rotatable bonds is 4. The van der Waals surface area contributed by atoms with Gasteiger partial charge >= 0.3 is 0 Å². The van der Waals surface area contributed by atoms with Gasteiger partial charge in [-0.25, -0.2) is 0 Å². The molecule has 1 aromatic rings. The molecule has 3 N–H and O–H groups in total. The van der Waals surface area contributed by atoms with Gasteiger partial charge in [0.1, 0.15) is 11.6 Å². The molecule has 0 aliphatic rings. The van der Waals surface area contributed by atoms with E-state index in [9.17, 15) is 0 Å². The molecular weight excluding hydrogens is 188 g/mol. The number of ether oxygens (including phenoxy) is 1. The Hall–Kier alpha value is -1.51. The first-order valence-electron chi connectivity index (χ1n) is 5.12. The summed E-state index contributed by atoms with van der Waals surface area (Å²) in [6.07, 6.45) is 0.188. The van der Waals surface area contributed by atoms with Gasteiger partial charge in [-0.15, -0.1) is 0 Å². The third kappa shape index (κ3) is 3.27. The lowest BCUT2D eigenvalue weighted by Crippen LogP contribution is -2.18. The van der Waals surface area contributed by atoms with Crippen molar-refractivity contribution in [3.8, 4) is 5.75 Å². The molecule has 0 spiro atoms. The maximum atomic E-state index is 7.25. The van der Waals surface area contributed by atoms with Crippen LogP contribution in [0.15, 0.2) is 24.3 Å². The third-order valence-electron chi connectivity index (χ3n) is 2.43. The second-order valence-electron chi connectivity index (χ2n) is 4.01. The van der Waals surface area contributed by atoms with Gasteiger partial charge < -0.3 is 10.5 Å². The summed E-state index contributed by atoms with van der Waals surface area (Å²) in [4.78, 5) is 0. The Labute approximate surface area is 90.8 Å². The van der Waals surface area contributed by atoms with E-state index in [4.69, 9.17) is 15.9 Å². The first kappa shape index (κ1) is 11.6. The Morgan fingerprint density at radius 1 is 1.20 bits per heavy atom. The minimum Gasteiger partial charge on any atom is -0.490 e. The molecule has 0 saturated heterocycles. The van der Waals surface area contributed by atoms with E-state index in [-0.39, 0.29) is 11.9 Å². The van der Waals surface area contributed by atoms with E-state index in [0.717, 1.165) is 11.3 Å². The summed E-state index contributed by atoms with van der Waals surface area (Å²) in [5, 5.41) is 7.25. The molecule has 0 aromatic heterocycles. The quantitative estimate of drug-likeness (QED) is 0.587. The lowest BCUT2D eigenvalue weighted by molar-refractivity contribution is 0.170. The van der Waals surface area contributed by atoms with E-state index in [1.165, 1.54) is 0 Å². The molecule has 0 aliphatic carbocycles. The van der Waals surface area contributed by atoms with Gasteiger partial charge in [-0.2, -0.15) is 0 Å². The van der Waals surface area contributed by atoms with Crippen LogP contribution in [0.5, 0.6) is 5.75 Å². The molecule has 3 heteroatoms. The summed E-state index contributed by atoms with van der Waals surface area (Å²) >= 11 is 0. The SMILES string of the molecule is CC(C)C(C)Oc1ccc(C(=N)N)cc1. The number of amidine groups is 1. The van der Waals surface area contributed by atoms with Gasteiger partial charge in [0.2, 0.25) is 0 Å². The number of hydrogen-bond donors (Lipinski definition) is 2. The highest BCUT2D eigenvalue weighted by molar-refractivity contribution is 5.94. The highest BCUT2D eigenvalue weighted by Crippen LogP contribution is 2.16. The lowest BCUT2D eigenvalue weighted by Gasteiger charge is -2.18. The van der Waals surface area contributed by atoms with Crippen molar-refractivity contribution in [3.05, 3.63) is 29.8 Å². The van der Waals surface area contributed by atoms with Crippen molar-refractivity contribution in [2.24, 2.45) is 11.7 Å². The molecular formula is C12H18N2O. The van der Waals surface area contributed by atoms with E-state index in [2.05, 4.69) is 13.8 Å². The van der Waals surface area contributed by atoms with Crippen LogP contribution in [0.4, 0.5) is 0 Å². The second kappa shape index (κ2) is 4.82. The predicted octanol–water partition coefficient (Wildman–Crippen LogP) is 2.39. The van der Waals surface area contributed by atoms with Crippen LogP contribution in [0, 0.1) is 11.3 Å². The normalized spacial score (nSPS) is 12.5.